The van der Waals surface area contributed by atoms with Gasteiger partial charge in [0, 0.05) is 18.8 Å². The maximum atomic E-state index is 12.0. The smallest absolute Gasteiger partial charge is 0.319 e. The van der Waals surface area contributed by atoms with Crippen LogP contribution < -0.4 is 16.0 Å². The van der Waals surface area contributed by atoms with Gasteiger partial charge in [-0.2, -0.15) is 0 Å². The van der Waals surface area contributed by atoms with E-state index in [1.807, 2.05) is 0 Å². The molecule has 1 heterocycles. The van der Waals surface area contributed by atoms with Crippen molar-refractivity contribution in [2.75, 3.05) is 36.8 Å². The van der Waals surface area contributed by atoms with Crippen LogP contribution in [0.2, 0.25) is 5.02 Å². The zero-order chi connectivity index (χ0) is 18.9. The molecule has 3 amide bonds. The summed E-state index contributed by atoms with van der Waals surface area (Å²) < 4.78 is 5.03. The molecule has 0 saturated heterocycles. The maximum Gasteiger partial charge on any atom is 0.319 e. The third-order valence-corrected chi connectivity index (χ3v) is 4.14. The van der Waals surface area contributed by atoms with E-state index in [9.17, 15) is 9.59 Å². The van der Waals surface area contributed by atoms with Crippen LogP contribution in [0, 0.1) is 0 Å². The molecule has 0 bridgehead atoms. The lowest BCUT2D eigenvalue weighted by atomic mass is 10.2. The van der Waals surface area contributed by atoms with E-state index >= 15 is 0 Å². The summed E-state index contributed by atoms with van der Waals surface area (Å²) in [6.07, 6.45) is 1.42. The number of amides is 3. The number of carbonyl (C=O) groups excluding carboxylic acids is 2. The molecule has 3 N–H and O–H groups in total. The fourth-order valence-electron chi connectivity index (χ4n) is 2.33. The number of halogens is 1. The maximum absolute atomic E-state index is 12.0. The quantitative estimate of drug-likeness (QED) is 0.654. The number of hydrogen-bond acceptors (Lipinski definition) is 4. The standard InChI is InChI=1S/C18H23ClN4O3/c1-3-23(4-2)10-9-20-18(25)21-13-7-8-15(14(19)12-13)22-17(24)16-6-5-11-26-16/h5-8,11-12H,3-4,9-10H2,1-2H3,(H,22,24)(H2,20,21,25). The van der Waals surface area contributed by atoms with E-state index in [1.54, 1.807) is 30.3 Å². The molecule has 2 rings (SSSR count). The van der Waals surface area contributed by atoms with E-state index in [0.717, 1.165) is 19.6 Å². The fourth-order valence-corrected chi connectivity index (χ4v) is 2.56. The van der Waals surface area contributed by atoms with E-state index in [0.29, 0.717) is 22.9 Å². The number of likely N-dealkylation sites (N-methyl/N-ethyl adjacent to an activating group) is 1. The molecule has 1 aromatic carbocycles. The Morgan fingerprint density at radius 2 is 1.92 bits per heavy atom. The molecule has 7 nitrogen and oxygen atoms in total. The number of furan rings is 1. The third kappa shape index (κ3) is 5.79. The van der Waals surface area contributed by atoms with E-state index in [1.165, 1.54) is 6.26 Å². The van der Waals surface area contributed by atoms with Gasteiger partial charge in [-0.05, 0) is 43.4 Å². The molecule has 1 aromatic heterocycles. The van der Waals surface area contributed by atoms with Crippen molar-refractivity contribution in [1.29, 1.82) is 0 Å². The largest absolute Gasteiger partial charge is 0.459 e. The van der Waals surface area contributed by atoms with Gasteiger partial charge < -0.3 is 25.3 Å². The Bertz CT molecular complexity index is 730. The minimum atomic E-state index is -0.397. The third-order valence-electron chi connectivity index (χ3n) is 3.83. The molecule has 0 atom stereocenters. The normalized spacial score (nSPS) is 10.6. The minimum Gasteiger partial charge on any atom is -0.459 e. The lowest BCUT2D eigenvalue weighted by molar-refractivity contribution is 0.0996. The second kappa shape index (κ2) is 9.84. The molecule has 0 aliphatic carbocycles. The summed E-state index contributed by atoms with van der Waals surface area (Å²) in [5.74, 6) is -0.206. The number of anilines is 2. The van der Waals surface area contributed by atoms with Gasteiger partial charge in [0.2, 0.25) is 0 Å². The van der Waals surface area contributed by atoms with Crippen LogP contribution in [0.3, 0.4) is 0 Å². The summed E-state index contributed by atoms with van der Waals surface area (Å²) in [6.45, 7) is 7.40. The van der Waals surface area contributed by atoms with E-state index in [-0.39, 0.29) is 11.8 Å². The summed E-state index contributed by atoms with van der Waals surface area (Å²) in [6, 6.07) is 7.73. The molecule has 140 valence electrons. The Morgan fingerprint density at radius 1 is 1.15 bits per heavy atom. The first-order valence-corrected chi connectivity index (χ1v) is 8.82. The first-order valence-electron chi connectivity index (χ1n) is 8.45. The van der Waals surface area contributed by atoms with Gasteiger partial charge in [0.1, 0.15) is 0 Å². The molecule has 2 aromatic rings. The molecule has 0 spiro atoms. The Kier molecular flexibility index (Phi) is 7.50. The number of nitrogens with one attached hydrogen (secondary N) is 3. The lowest BCUT2D eigenvalue weighted by Gasteiger charge is -2.18. The van der Waals surface area contributed by atoms with Crippen molar-refractivity contribution in [1.82, 2.24) is 10.2 Å². The van der Waals surface area contributed by atoms with Crippen LogP contribution in [-0.4, -0.2) is 43.0 Å². The van der Waals surface area contributed by atoms with Crippen molar-refractivity contribution in [3.05, 3.63) is 47.4 Å². The van der Waals surface area contributed by atoms with Gasteiger partial charge in [0.05, 0.1) is 17.0 Å². The Morgan fingerprint density at radius 3 is 2.54 bits per heavy atom. The van der Waals surface area contributed by atoms with Gasteiger partial charge in [0.25, 0.3) is 5.91 Å². The molecule has 0 fully saturated rings. The highest BCUT2D eigenvalue weighted by molar-refractivity contribution is 6.34. The first-order chi connectivity index (χ1) is 12.5. The average molecular weight is 379 g/mol. The van der Waals surface area contributed by atoms with Gasteiger partial charge in [-0.25, -0.2) is 4.79 Å². The van der Waals surface area contributed by atoms with Crippen molar-refractivity contribution in [2.45, 2.75) is 13.8 Å². The summed E-state index contributed by atoms with van der Waals surface area (Å²) >= 11 is 6.18. The highest BCUT2D eigenvalue weighted by atomic mass is 35.5. The summed E-state index contributed by atoms with van der Waals surface area (Å²) in [4.78, 5) is 26.1. The number of nitrogens with zero attached hydrogens (tertiary/aromatic N) is 1. The zero-order valence-corrected chi connectivity index (χ0v) is 15.6. The summed E-state index contributed by atoms with van der Waals surface area (Å²) in [7, 11) is 0. The summed E-state index contributed by atoms with van der Waals surface area (Å²) in [5.41, 5.74) is 0.965. The van der Waals surface area contributed by atoms with E-state index < -0.39 is 5.91 Å². The molecule has 0 unspecified atom stereocenters. The molecule has 0 saturated carbocycles. The molecule has 26 heavy (non-hydrogen) atoms. The number of benzene rings is 1. The van der Waals surface area contributed by atoms with Crippen LogP contribution >= 0.6 is 11.6 Å². The lowest BCUT2D eigenvalue weighted by Crippen LogP contribution is -2.36. The molecular formula is C18H23ClN4O3. The average Bonchev–Trinajstić information content (AvgIpc) is 3.16. The predicted octanol–water partition coefficient (Wildman–Crippen LogP) is 3.65. The number of hydrogen-bond donors (Lipinski definition) is 3. The van der Waals surface area contributed by atoms with Crippen LogP contribution in [0.5, 0.6) is 0 Å². The van der Waals surface area contributed by atoms with Crippen molar-refractivity contribution in [2.24, 2.45) is 0 Å². The molecule has 0 aliphatic rings. The molecule has 8 heteroatoms. The second-order valence-corrected chi connectivity index (χ2v) is 5.94. The van der Waals surface area contributed by atoms with Gasteiger partial charge in [-0.3, -0.25) is 4.79 Å². The van der Waals surface area contributed by atoms with Gasteiger partial charge >= 0.3 is 6.03 Å². The van der Waals surface area contributed by atoms with Gasteiger partial charge in [-0.1, -0.05) is 25.4 Å². The SMILES string of the molecule is CCN(CC)CCNC(=O)Nc1ccc(NC(=O)c2ccco2)c(Cl)c1. The van der Waals surface area contributed by atoms with Crippen molar-refractivity contribution < 1.29 is 14.0 Å². The molecule has 0 radical (unpaired) electrons. The Balaban J connectivity index is 1.86. The van der Waals surface area contributed by atoms with Gasteiger partial charge in [-0.15, -0.1) is 0 Å². The van der Waals surface area contributed by atoms with Crippen LogP contribution in [0.1, 0.15) is 24.4 Å². The molecular weight excluding hydrogens is 356 g/mol. The monoisotopic (exact) mass is 378 g/mol. The molecule has 0 aliphatic heterocycles. The number of carbonyl (C=O) groups is 2. The van der Waals surface area contributed by atoms with Crippen molar-refractivity contribution in [3.63, 3.8) is 0 Å². The van der Waals surface area contributed by atoms with E-state index in [2.05, 4.69) is 34.7 Å². The number of rotatable bonds is 8. The van der Waals surface area contributed by atoms with Crippen LogP contribution in [0.25, 0.3) is 0 Å². The Labute approximate surface area is 157 Å². The van der Waals surface area contributed by atoms with E-state index in [4.69, 9.17) is 16.0 Å². The topological polar surface area (TPSA) is 86.6 Å². The summed E-state index contributed by atoms with van der Waals surface area (Å²) in [5, 5.41) is 8.48. The highest BCUT2D eigenvalue weighted by Crippen LogP contribution is 2.26. The van der Waals surface area contributed by atoms with Crippen LogP contribution in [0.4, 0.5) is 16.2 Å². The Hall–Kier alpha value is -2.51. The van der Waals surface area contributed by atoms with Crippen molar-refractivity contribution >= 4 is 34.9 Å². The number of urea groups is 1. The zero-order valence-electron chi connectivity index (χ0n) is 14.8. The van der Waals surface area contributed by atoms with Crippen LogP contribution in [-0.2, 0) is 0 Å². The predicted molar refractivity (Wildman–Crippen MR) is 103 cm³/mol. The second-order valence-electron chi connectivity index (χ2n) is 5.53. The van der Waals surface area contributed by atoms with Gasteiger partial charge in [0.15, 0.2) is 5.76 Å². The van der Waals surface area contributed by atoms with Crippen molar-refractivity contribution in [3.8, 4) is 0 Å². The minimum absolute atomic E-state index is 0.191. The first kappa shape index (κ1) is 19.8. The fraction of sp³-hybridized carbons (Fsp3) is 0.333. The highest BCUT2D eigenvalue weighted by Gasteiger charge is 2.12. The van der Waals surface area contributed by atoms with Crippen LogP contribution in [0.15, 0.2) is 41.0 Å².